The summed E-state index contributed by atoms with van der Waals surface area (Å²) in [5.41, 5.74) is 2.57. The van der Waals surface area contributed by atoms with Gasteiger partial charge in [-0.05, 0) is 43.0 Å². The fourth-order valence-corrected chi connectivity index (χ4v) is 2.45. The van der Waals surface area contributed by atoms with E-state index in [0.29, 0.717) is 0 Å². The molecule has 0 aliphatic heterocycles. The van der Waals surface area contributed by atoms with Crippen molar-refractivity contribution in [2.45, 2.75) is 33.0 Å². The molecule has 2 N–H and O–H groups in total. The summed E-state index contributed by atoms with van der Waals surface area (Å²) >= 11 is 0. The maximum Gasteiger partial charge on any atom is 0.125 e. The Morgan fingerprint density at radius 1 is 1.05 bits per heavy atom. The van der Waals surface area contributed by atoms with Gasteiger partial charge in [-0.1, -0.05) is 42.5 Å². The first-order valence-corrected chi connectivity index (χ1v) is 7.06. The molecule has 0 aromatic heterocycles. The molecule has 2 aromatic rings. The highest BCUT2D eigenvalue weighted by atomic mass is 16.5. The van der Waals surface area contributed by atoms with Gasteiger partial charge in [0.05, 0.1) is 6.61 Å². The highest BCUT2D eigenvalue weighted by Gasteiger charge is 2.24. The standard InChI is InChI=1S/C18H22O3/c1-13-9-15(11-19)10-14(2)17(13)21-12-18(3,20)16-7-5-4-6-8-16/h4-10,19-20H,11-12H2,1-3H3. The van der Waals surface area contributed by atoms with Crippen LogP contribution in [-0.4, -0.2) is 16.8 Å². The van der Waals surface area contributed by atoms with Crippen molar-refractivity contribution in [3.8, 4) is 5.75 Å². The van der Waals surface area contributed by atoms with E-state index in [1.54, 1.807) is 6.92 Å². The molecule has 2 aromatic carbocycles. The van der Waals surface area contributed by atoms with Gasteiger partial charge in [0.15, 0.2) is 0 Å². The van der Waals surface area contributed by atoms with E-state index in [0.717, 1.165) is 28.0 Å². The molecule has 0 radical (unpaired) electrons. The highest BCUT2D eigenvalue weighted by molar-refractivity contribution is 5.43. The average Bonchev–Trinajstić information content (AvgIpc) is 2.47. The van der Waals surface area contributed by atoms with Crippen molar-refractivity contribution in [3.63, 3.8) is 0 Å². The number of aryl methyl sites for hydroxylation is 2. The van der Waals surface area contributed by atoms with Crippen molar-refractivity contribution in [3.05, 3.63) is 64.7 Å². The molecule has 0 amide bonds. The fraction of sp³-hybridized carbons (Fsp3) is 0.333. The maximum atomic E-state index is 10.6. The third-order valence-corrected chi connectivity index (χ3v) is 3.60. The number of hydrogen-bond donors (Lipinski definition) is 2. The molecule has 1 unspecified atom stereocenters. The molecule has 0 spiro atoms. The summed E-state index contributed by atoms with van der Waals surface area (Å²) in [7, 11) is 0. The van der Waals surface area contributed by atoms with Gasteiger partial charge in [0, 0.05) is 0 Å². The van der Waals surface area contributed by atoms with E-state index in [9.17, 15) is 10.2 Å². The third-order valence-electron chi connectivity index (χ3n) is 3.60. The van der Waals surface area contributed by atoms with Crippen molar-refractivity contribution < 1.29 is 14.9 Å². The molecule has 0 aliphatic rings. The zero-order valence-corrected chi connectivity index (χ0v) is 12.8. The maximum absolute atomic E-state index is 10.6. The molecular formula is C18H22O3. The van der Waals surface area contributed by atoms with E-state index in [-0.39, 0.29) is 13.2 Å². The number of aliphatic hydroxyl groups is 2. The van der Waals surface area contributed by atoms with Gasteiger partial charge in [-0.15, -0.1) is 0 Å². The van der Waals surface area contributed by atoms with E-state index in [1.165, 1.54) is 0 Å². The van der Waals surface area contributed by atoms with Crippen LogP contribution in [0.2, 0.25) is 0 Å². The SMILES string of the molecule is Cc1cc(CO)cc(C)c1OCC(C)(O)c1ccccc1. The van der Waals surface area contributed by atoms with Gasteiger partial charge in [-0.3, -0.25) is 0 Å². The predicted octanol–water partition coefficient (Wildman–Crippen LogP) is 3.08. The lowest BCUT2D eigenvalue weighted by atomic mass is 9.97. The molecule has 112 valence electrons. The smallest absolute Gasteiger partial charge is 0.125 e. The first-order chi connectivity index (χ1) is 9.94. The Morgan fingerprint density at radius 3 is 2.14 bits per heavy atom. The van der Waals surface area contributed by atoms with Gasteiger partial charge in [-0.2, -0.15) is 0 Å². The van der Waals surface area contributed by atoms with Crippen molar-refractivity contribution in [1.29, 1.82) is 0 Å². The fourth-order valence-electron chi connectivity index (χ4n) is 2.45. The molecule has 2 rings (SSSR count). The lowest BCUT2D eigenvalue weighted by Gasteiger charge is -2.25. The van der Waals surface area contributed by atoms with Crippen molar-refractivity contribution in [2.24, 2.45) is 0 Å². The van der Waals surface area contributed by atoms with E-state index in [1.807, 2.05) is 56.3 Å². The van der Waals surface area contributed by atoms with Crippen LogP contribution in [0.1, 0.15) is 29.2 Å². The molecule has 0 aliphatic carbocycles. The molecule has 0 heterocycles. The number of benzene rings is 2. The second kappa shape index (κ2) is 6.29. The minimum atomic E-state index is -1.05. The Balaban J connectivity index is 2.17. The second-order valence-electron chi connectivity index (χ2n) is 5.65. The quantitative estimate of drug-likeness (QED) is 0.888. The van der Waals surface area contributed by atoms with Crippen LogP contribution in [0, 0.1) is 13.8 Å². The van der Waals surface area contributed by atoms with Gasteiger partial charge in [0.1, 0.15) is 18.0 Å². The van der Waals surface area contributed by atoms with Crippen LogP contribution in [0.4, 0.5) is 0 Å². The number of aliphatic hydroxyl groups excluding tert-OH is 1. The Bertz CT molecular complexity index is 580. The minimum absolute atomic E-state index is 0.0176. The van der Waals surface area contributed by atoms with Crippen molar-refractivity contribution in [2.75, 3.05) is 6.61 Å². The Labute approximate surface area is 125 Å². The van der Waals surface area contributed by atoms with Crippen molar-refractivity contribution >= 4 is 0 Å². The Morgan fingerprint density at radius 2 is 1.62 bits per heavy atom. The normalized spacial score (nSPS) is 13.8. The zero-order valence-electron chi connectivity index (χ0n) is 12.8. The lowest BCUT2D eigenvalue weighted by Crippen LogP contribution is -2.29. The highest BCUT2D eigenvalue weighted by Crippen LogP contribution is 2.28. The van der Waals surface area contributed by atoms with Crippen LogP contribution >= 0.6 is 0 Å². The van der Waals surface area contributed by atoms with Crippen LogP contribution in [0.5, 0.6) is 5.75 Å². The topological polar surface area (TPSA) is 49.7 Å². The predicted molar refractivity (Wildman–Crippen MR) is 83.3 cm³/mol. The van der Waals surface area contributed by atoms with E-state index >= 15 is 0 Å². The molecule has 3 nitrogen and oxygen atoms in total. The van der Waals surface area contributed by atoms with Crippen LogP contribution in [0.3, 0.4) is 0 Å². The number of ether oxygens (including phenoxy) is 1. The number of hydrogen-bond acceptors (Lipinski definition) is 3. The molecule has 0 saturated heterocycles. The van der Waals surface area contributed by atoms with Crippen LogP contribution in [0.25, 0.3) is 0 Å². The van der Waals surface area contributed by atoms with Gasteiger partial charge in [0.25, 0.3) is 0 Å². The molecule has 21 heavy (non-hydrogen) atoms. The first-order valence-electron chi connectivity index (χ1n) is 7.06. The largest absolute Gasteiger partial charge is 0.490 e. The van der Waals surface area contributed by atoms with Gasteiger partial charge >= 0.3 is 0 Å². The molecule has 1 atom stereocenters. The van der Waals surface area contributed by atoms with Gasteiger partial charge in [0.2, 0.25) is 0 Å². The molecular weight excluding hydrogens is 264 g/mol. The van der Waals surface area contributed by atoms with E-state index in [2.05, 4.69) is 0 Å². The van der Waals surface area contributed by atoms with Crippen LogP contribution in [0.15, 0.2) is 42.5 Å². The molecule has 0 fully saturated rings. The van der Waals surface area contributed by atoms with Gasteiger partial charge < -0.3 is 14.9 Å². The van der Waals surface area contributed by atoms with E-state index in [4.69, 9.17) is 4.74 Å². The summed E-state index contributed by atoms with van der Waals surface area (Å²) in [6.07, 6.45) is 0. The lowest BCUT2D eigenvalue weighted by molar-refractivity contribution is 0.00718. The van der Waals surface area contributed by atoms with Crippen molar-refractivity contribution in [1.82, 2.24) is 0 Å². The monoisotopic (exact) mass is 286 g/mol. The molecule has 3 heteroatoms. The average molecular weight is 286 g/mol. The third kappa shape index (κ3) is 3.63. The Kier molecular flexibility index (Phi) is 4.66. The molecule has 0 bridgehead atoms. The summed E-state index contributed by atoms with van der Waals surface area (Å²) in [6.45, 7) is 5.83. The first kappa shape index (κ1) is 15.5. The zero-order chi connectivity index (χ0) is 15.5. The second-order valence-corrected chi connectivity index (χ2v) is 5.65. The van der Waals surface area contributed by atoms with E-state index < -0.39 is 5.60 Å². The molecule has 0 saturated carbocycles. The van der Waals surface area contributed by atoms with Gasteiger partial charge in [-0.25, -0.2) is 0 Å². The summed E-state index contributed by atoms with van der Waals surface area (Å²) < 4.78 is 5.85. The minimum Gasteiger partial charge on any atom is -0.490 e. The number of rotatable bonds is 5. The summed E-state index contributed by atoms with van der Waals surface area (Å²) in [5.74, 6) is 0.767. The summed E-state index contributed by atoms with van der Waals surface area (Å²) in [4.78, 5) is 0. The van der Waals surface area contributed by atoms with Crippen LogP contribution in [-0.2, 0) is 12.2 Å². The summed E-state index contributed by atoms with van der Waals surface area (Å²) in [5, 5.41) is 19.8. The Hall–Kier alpha value is -1.84. The summed E-state index contributed by atoms with van der Waals surface area (Å²) in [6, 6.07) is 13.3. The van der Waals surface area contributed by atoms with Crippen LogP contribution < -0.4 is 4.74 Å².